The van der Waals surface area contributed by atoms with Crippen molar-refractivity contribution in [3.05, 3.63) is 40.4 Å². The van der Waals surface area contributed by atoms with Gasteiger partial charge in [0.25, 0.3) is 0 Å². The number of hydrogen-bond donors (Lipinski definition) is 1. The lowest BCUT2D eigenvalue weighted by Gasteiger charge is -2.02. The summed E-state index contributed by atoms with van der Waals surface area (Å²) >= 11 is 3.38. The molecule has 0 saturated carbocycles. The summed E-state index contributed by atoms with van der Waals surface area (Å²) in [6, 6.07) is 7.87. The quantitative estimate of drug-likeness (QED) is 0.552. The molecule has 1 rings (SSSR count). The van der Waals surface area contributed by atoms with Crippen molar-refractivity contribution in [2.45, 2.75) is 39.0 Å². The third-order valence-electron chi connectivity index (χ3n) is 2.88. The molecular formula is C16H22BrNO. The van der Waals surface area contributed by atoms with E-state index in [-0.39, 0.29) is 5.91 Å². The Kier molecular flexibility index (Phi) is 8.23. The first-order chi connectivity index (χ1) is 9.22. The van der Waals surface area contributed by atoms with Crippen molar-refractivity contribution in [3.63, 3.8) is 0 Å². The molecule has 2 nitrogen and oxygen atoms in total. The Morgan fingerprint density at radius 1 is 1.16 bits per heavy atom. The van der Waals surface area contributed by atoms with E-state index in [0.29, 0.717) is 0 Å². The van der Waals surface area contributed by atoms with Crippen LogP contribution in [-0.2, 0) is 4.79 Å². The lowest BCUT2D eigenvalue weighted by Crippen LogP contribution is -2.21. The van der Waals surface area contributed by atoms with Gasteiger partial charge in [0.1, 0.15) is 0 Å². The number of nitrogens with one attached hydrogen (secondary N) is 1. The molecule has 0 aliphatic heterocycles. The molecule has 0 saturated heterocycles. The standard InChI is InChI=1S/C16H22BrNO/c1-2-3-4-5-6-13-18-16(19)12-9-14-7-10-15(17)11-8-14/h7-12H,2-6,13H2,1H3,(H,18,19). The van der Waals surface area contributed by atoms with Gasteiger partial charge in [0, 0.05) is 17.1 Å². The van der Waals surface area contributed by atoms with E-state index in [9.17, 15) is 4.79 Å². The largest absolute Gasteiger partial charge is 0.353 e. The summed E-state index contributed by atoms with van der Waals surface area (Å²) in [5, 5.41) is 2.91. The summed E-state index contributed by atoms with van der Waals surface area (Å²) < 4.78 is 1.04. The van der Waals surface area contributed by atoms with Gasteiger partial charge >= 0.3 is 0 Å². The van der Waals surface area contributed by atoms with E-state index in [2.05, 4.69) is 28.2 Å². The third-order valence-corrected chi connectivity index (χ3v) is 3.41. The number of amides is 1. The van der Waals surface area contributed by atoms with E-state index in [0.717, 1.165) is 23.0 Å². The van der Waals surface area contributed by atoms with Gasteiger partial charge in [-0.05, 0) is 30.2 Å². The number of carbonyl (C=O) groups excluding carboxylic acids is 1. The topological polar surface area (TPSA) is 29.1 Å². The SMILES string of the molecule is CCCCCCCNC(=O)C=Cc1ccc(Br)cc1. The molecule has 1 aromatic rings. The molecule has 0 radical (unpaired) electrons. The van der Waals surface area contributed by atoms with Crippen LogP contribution in [0.2, 0.25) is 0 Å². The molecule has 0 spiro atoms. The van der Waals surface area contributed by atoms with E-state index < -0.39 is 0 Å². The number of rotatable bonds is 8. The van der Waals surface area contributed by atoms with E-state index in [1.54, 1.807) is 6.08 Å². The highest BCUT2D eigenvalue weighted by atomic mass is 79.9. The molecule has 3 heteroatoms. The van der Waals surface area contributed by atoms with Crippen LogP contribution in [0.4, 0.5) is 0 Å². The summed E-state index contributed by atoms with van der Waals surface area (Å²) in [4.78, 5) is 11.6. The average Bonchev–Trinajstić information content (AvgIpc) is 2.42. The molecular weight excluding hydrogens is 302 g/mol. The Labute approximate surface area is 124 Å². The molecule has 0 bridgehead atoms. The van der Waals surface area contributed by atoms with Crippen LogP contribution in [0.3, 0.4) is 0 Å². The van der Waals surface area contributed by atoms with E-state index >= 15 is 0 Å². The van der Waals surface area contributed by atoms with Crippen molar-refractivity contribution in [2.75, 3.05) is 6.54 Å². The zero-order valence-electron chi connectivity index (χ0n) is 11.5. The van der Waals surface area contributed by atoms with Gasteiger partial charge in [-0.25, -0.2) is 0 Å². The fourth-order valence-electron chi connectivity index (χ4n) is 1.74. The summed E-state index contributed by atoms with van der Waals surface area (Å²) in [6.07, 6.45) is 9.50. The summed E-state index contributed by atoms with van der Waals surface area (Å²) in [5.74, 6) is -0.0154. The lowest BCUT2D eigenvalue weighted by atomic mass is 10.1. The zero-order chi connectivity index (χ0) is 13.9. The molecule has 19 heavy (non-hydrogen) atoms. The van der Waals surface area contributed by atoms with Crippen LogP contribution >= 0.6 is 15.9 Å². The maximum absolute atomic E-state index is 11.6. The van der Waals surface area contributed by atoms with Crippen LogP contribution in [0.5, 0.6) is 0 Å². The predicted octanol–water partition coefficient (Wildman–Crippen LogP) is 4.55. The van der Waals surface area contributed by atoms with Crippen molar-refractivity contribution in [2.24, 2.45) is 0 Å². The molecule has 0 aliphatic carbocycles. The summed E-state index contributed by atoms with van der Waals surface area (Å²) in [5.41, 5.74) is 1.03. The second kappa shape index (κ2) is 9.79. The van der Waals surface area contributed by atoms with Gasteiger partial charge in [0.05, 0.1) is 0 Å². The van der Waals surface area contributed by atoms with Crippen LogP contribution in [0.15, 0.2) is 34.8 Å². The number of halogens is 1. The minimum Gasteiger partial charge on any atom is -0.353 e. The Morgan fingerprint density at radius 2 is 1.84 bits per heavy atom. The highest BCUT2D eigenvalue weighted by Crippen LogP contribution is 2.11. The first kappa shape index (κ1) is 16.0. The second-order valence-corrected chi connectivity index (χ2v) is 5.51. The normalized spacial score (nSPS) is 10.8. The third kappa shape index (κ3) is 7.83. The number of carbonyl (C=O) groups is 1. The van der Waals surface area contributed by atoms with E-state index in [1.807, 2.05) is 30.3 Å². The second-order valence-electron chi connectivity index (χ2n) is 4.59. The van der Waals surface area contributed by atoms with Crippen molar-refractivity contribution < 1.29 is 4.79 Å². The van der Waals surface area contributed by atoms with Gasteiger partial charge in [0.15, 0.2) is 0 Å². The van der Waals surface area contributed by atoms with Crippen molar-refractivity contribution >= 4 is 27.9 Å². The molecule has 104 valence electrons. The van der Waals surface area contributed by atoms with Gasteiger partial charge in [-0.15, -0.1) is 0 Å². The predicted molar refractivity (Wildman–Crippen MR) is 84.9 cm³/mol. The van der Waals surface area contributed by atoms with Gasteiger partial charge in [-0.3, -0.25) is 4.79 Å². The van der Waals surface area contributed by atoms with Gasteiger partial charge in [-0.2, -0.15) is 0 Å². The minimum absolute atomic E-state index is 0.0154. The summed E-state index contributed by atoms with van der Waals surface area (Å²) in [7, 11) is 0. The van der Waals surface area contributed by atoms with E-state index in [4.69, 9.17) is 0 Å². The van der Waals surface area contributed by atoms with Gasteiger partial charge in [-0.1, -0.05) is 60.7 Å². The molecule has 0 aromatic heterocycles. The van der Waals surface area contributed by atoms with Crippen LogP contribution in [0.25, 0.3) is 6.08 Å². The average molecular weight is 324 g/mol. The molecule has 1 aromatic carbocycles. The fourth-order valence-corrected chi connectivity index (χ4v) is 2.01. The molecule has 0 aliphatic rings. The Hall–Kier alpha value is -1.09. The molecule has 1 amide bonds. The molecule has 0 fully saturated rings. The highest BCUT2D eigenvalue weighted by molar-refractivity contribution is 9.10. The zero-order valence-corrected chi connectivity index (χ0v) is 13.1. The van der Waals surface area contributed by atoms with Crippen LogP contribution in [0, 0.1) is 0 Å². The lowest BCUT2D eigenvalue weighted by molar-refractivity contribution is -0.116. The smallest absolute Gasteiger partial charge is 0.243 e. The fraction of sp³-hybridized carbons (Fsp3) is 0.438. The molecule has 1 N–H and O–H groups in total. The molecule has 0 heterocycles. The number of benzene rings is 1. The van der Waals surface area contributed by atoms with Crippen LogP contribution in [0.1, 0.15) is 44.6 Å². The summed E-state index contributed by atoms with van der Waals surface area (Å²) in [6.45, 7) is 2.97. The van der Waals surface area contributed by atoms with Gasteiger partial charge < -0.3 is 5.32 Å². The highest BCUT2D eigenvalue weighted by Gasteiger charge is 1.95. The Balaban J connectivity index is 2.18. The Morgan fingerprint density at radius 3 is 2.53 bits per heavy atom. The number of unbranched alkanes of at least 4 members (excludes halogenated alkanes) is 4. The van der Waals surface area contributed by atoms with Gasteiger partial charge in [0.2, 0.25) is 5.91 Å². The van der Waals surface area contributed by atoms with Crippen molar-refractivity contribution in [3.8, 4) is 0 Å². The maximum atomic E-state index is 11.6. The van der Waals surface area contributed by atoms with E-state index in [1.165, 1.54) is 25.7 Å². The first-order valence-corrected chi connectivity index (χ1v) is 7.73. The van der Waals surface area contributed by atoms with Crippen molar-refractivity contribution in [1.82, 2.24) is 5.32 Å². The van der Waals surface area contributed by atoms with Crippen LogP contribution in [-0.4, -0.2) is 12.5 Å². The van der Waals surface area contributed by atoms with Crippen molar-refractivity contribution in [1.29, 1.82) is 0 Å². The minimum atomic E-state index is -0.0154. The number of hydrogen-bond acceptors (Lipinski definition) is 1. The molecule has 0 atom stereocenters. The molecule has 0 unspecified atom stereocenters. The first-order valence-electron chi connectivity index (χ1n) is 6.94. The monoisotopic (exact) mass is 323 g/mol. The van der Waals surface area contributed by atoms with Crippen LogP contribution < -0.4 is 5.32 Å². The Bertz CT molecular complexity index is 398. The maximum Gasteiger partial charge on any atom is 0.243 e.